The van der Waals surface area contributed by atoms with E-state index in [-0.39, 0.29) is 5.78 Å². The summed E-state index contributed by atoms with van der Waals surface area (Å²) >= 11 is 0. The standard InChI is InChI=1S/C20H20O/c1-12-9-13(2)20(14(12)3)19-11-17-8-6-5-7-16(17)10-18(19)15(4)21/h5-11,14H,1-4H3. The molecule has 0 saturated heterocycles. The van der Waals surface area contributed by atoms with Crippen molar-refractivity contribution in [1.82, 2.24) is 0 Å². The molecule has 1 aliphatic rings. The molecule has 1 atom stereocenters. The van der Waals surface area contributed by atoms with Gasteiger partial charge in [0.1, 0.15) is 0 Å². The van der Waals surface area contributed by atoms with Crippen molar-refractivity contribution in [2.45, 2.75) is 27.7 Å². The summed E-state index contributed by atoms with van der Waals surface area (Å²) in [5.41, 5.74) is 5.86. The summed E-state index contributed by atoms with van der Waals surface area (Å²) in [6, 6.07) is 12.4. The van der Waals surface area contributed by atoms with Gasteiger partial charge in [-0.25, -0.2) is 0 Å². The molecular weight excluding hydrogens is 256 g/mol. The number of rotatable bonds is 2. The van der Waals surface area contributed by atoms with E-state index < -0.39 is 0 Å². The minimum absolute atomic E-state index is 0.132. The van der Waals surface area contributed by atoms with E-state index in [1.165, 1.54) is 22.1 Å². The number of allylic oxidation sites excluding steroid dienone is 4. The Balaban J connectivity index is 2.29. The van der Waals surface area contributed by atoms with E-state index in [0.717, 1.165) is 16.5 Å². The molecule has 0 spiro atoms. The van der Waals surface area contributed by atoms with E-state index in [4.69, 9.17) is 0 Å². The van der Waals surface area contributed by atoms with Crippen LogP contribution in [0.4, 0.5) is 0 Å². The number of fused-ring (bicyclic) bond motifs is 1. The molecule has 0 heterocycles. The molecule has 0 aromatic heterocycles. The zero-order valence-corrected chi connectivity index (χ0v) is 13.0. The third-order valence-electron chi connectivity index (χ3n) is 4.54. The van der Waals surface area contributed by atoms with Gasteiger partial charge in [0.15, 0.2) is 5.78 Å². The molecule has 0 saturated carbocycles. The van der Waals surface area contributed by atoms with Crippen LogP contribution in [-0.2, 0) is 0 Å². The number of Topliss-reactive ketones (excluding diaryl/α,β-unsaturated/α-hetero) is 1. The molecule has 0 bridgehead atoms. The molecule has 2 aromatic carbocycles. The molecule has 0 radical (unpaired) electrons. The second-order valence-corrected chi connectivity index (χ2v) is 6.01. The lowest BCUT2D eigenvalue weighted by atomic mass is 9.86. The zero-order chi connectivity index (χ0) is 15.1. The van der Waals surface area contributed by atoms with E-state index in [1.807, 2.05) is 18.2 Å². The van der Waals surface area contributed by atoms with Crippen molar-refractivity contribution in [3.05, 3.63) is 64.7 Å². The molecule has 0 N–H and O–H groups in total. The van der Waals surface area contributed by atoms with Gasteiger partial charge < -0.3 is 0 Å². The van der Waals surface area contributed by atoms with E-state index in [2.05, 4.69) is 45.0 Å². The summed E-state index contributed by atoms with van der Waals surface area (Å²) in [5.74, 6) is 0.511. The topological polar surface area (TPSA) is 17.1 Å². The first-order valence-electron chi connectivity index (χ1n) is 7.42. The Morgan fingerprint density at radius 2 is 1.67 bits per heavy atom. The van der Waals surface area contributed by atoms with Crippen LogP contribution >= 0.6 is 0 Å². The van der Waals surface area contributed by atoms with Gasteiger partial charge in [0.25, 0.3) is 0 Å². The second kappa shape index (κ2) is 5.00. The first-order chi connectivity index (χ1) is 9.99. The van der Waals surface area contributed by atoms with Gasteiger partial charge in [0.2, 0.25) is 0 Å². The van der Waals surface area contributed by atoms with Crippen LogP contribution in [-0.4, -0.2) is 5.78 Å². The maximum atomic E-state index is 12.1. The minimum Gasteiger partial charge on any atom is -0.294 e. The molecule has 1 heteroatoms. The molecule has 0 fully saturated rings. The third kappa shape index (κ3) is 2.23. The lowest BCUT2D eigenvalue weighted by Crippen LogP contribution is -2.04. The molecular formula is C20H20O. The fourth-order valence-electron chi connectivity index (χ4n) is 3.31. The number of benzene rings is 2. The summed E-state index contributed by atoms with van der Waals surface area (Å²) in [6.45, 7) is 8.18. The van der Waals surface area contributed by atoms with Crippen LogP contribution in [0.15, 0.2) is 53.6 Å². The average Bonchev–Trinajstić information content (AvgIpc) is 2.70. The van der Waals surface area contributed by atoms with Crippen molar-refractivity contribution in [1.29, 1.82) is 0 Å². The highest BCUT2D eigenvalue weighted by Gasteiger charge is 2.24. The van der Waals surface area contributed by atoms with Gasteiger partial charge in [-0.05, 0) is 60.4 Å². The highest BCUT2D eigenvalue weighted by molar-refractivity contribution is 6.04. The Morgan fingerprint density at radius 3 is 2.19 bits per heavy atom. The number of ketones is 1. The highest BCUT2D eigenvalue weighted by atomic mass is 16.1. The van der Waals surface area contributed by atoms with Crippen LogP contribution in [0.1, 0.15) is 43.6 Å². The highest BCUT2D eigenvalue weighted by Crippen LogP contribution is 2.40. The molecule has 106 valence electrons. The molecule has 21 heavy (non-hydrogen) atoms. The summed E-state index contributed by atoms with van der Waals surface area (Å²) in [4.78, 5) is 12.1. The van der Waals surface area contributed by atoms with Crippen molar-refractivity contribution < 1.29 is 4.79 Å². The van der Waals surface area contributed by atoms with Gasteiger partial charge in [0.05, 0.1) is 0 Å². The number of hydrogen-bond donors (Lipinski definition) is 0. The van der Waals surface area contributed by atoms with E-state index in [1.54, 1.807) is 6.92 Å². The number of carbonyl (C=O) groups is 1. The van der Waals surface area contributed by atoms with Crippen LogP contribution in [0, 0.1) is 5.92 Å². The summed E-state index contributed by atoms with van der Waals surface area (Å²) in [6.07, 6.45) is 2.24. The van der Waals surface area contributed by atoms with Gasteiger partial charge in [-0.1, -0.05) is 42.8 Å². The Bertz CT molecular complexity index is 806. The molecule has 1 nitrogen and oxygen atoms in total. The van der Waals surface area contributed by atoms with Crippen molar-refractivity contribution in [3.63, 3.8) is 0 Å². The first kappa shape index (κ1) is 13.8. The van der Waals surface area contributed by atoms with Crippen LogP contribution in [0.5, 0.6) is 0 Å². The maximum absolute atomic E-state index is 12.1. The average molecular weight is 276 g/mol. The molecule has 1 unspecified atom stereocenters. The lowest BCUT2D eigenvalue weighted by Gasteiger charge is -2.17. The van der Waals surface area contributed by atoms with Crippen molar-refractivity contribution in [2.75, 3.05) is 0 Å². The zero-order valence-electron chi connectivity index (χ0n) is 13.0. The predicted molar refractivity (Wildman–Crippen MR) is 89.5 cm³/mol. The largest absolute Gasteiger partial charge is 0.294 e. The summed E-state index contributed by atoms with van der Waals surface area (Å²) in [5, 5.41) is 2.31. The van der Waals surface area contributed by atoms with Gasteiger partial charge in [-0.15, -0.1) is 0 Å². The lowest BCUT2D eigenvalue weighted by molar-refractivity contribution is 0.101. The minimum atomic E-state index is 0.132. The van der Waals surface area contributed by atoms with Crippen LogP contribution in [0.25, 0.3) is 16.3 Å². The Hall–Kier alpha value is -2.15. The van der Waals surface area contributed by atoms with Gasteiger partial charge in [-0.2, -0.15) is 0 Å². The van der Waals surface area contributed by atoms with Gasteiger partial charge in [-0.3, -0.25) is 4.79 Å². The molecule has 1 aliphatic carbocycles. The van der Waals surface area contributed by atoms with Gasteiger partial charge >= 0.3 is 0 Å². The monoisotopic (exact) mass is 276 g/mol. The van der Waals surface area contributed by atoms with Crippen molar-refractivity contribution in [2.24, 2.45) is 5.92 Å². The molecule has 0 amide bonds. The number of hydrogen-bond acceptors (Lipinski definition) is 1. The smallest absolute Gasteiger partial charge is 0.160 e. The fraction of sp³-hybridized carbons (Fsp3) is 0.250. The van der Waals surface area contributed by atoms with Crippen LogP contribution in [0.2, 0.25) is 0 Å². The maximum Gasteiger partial charge on any atom is 0.160 e. The molecule has 0 aliphatic heterocycles. The normalized spacial score (nSPS) is 18.3. The summed E-state index contributed by atoms with van der Waals surface area (Å²) in [7, 11) is 0. The van der Waals surface area contributed by atoms with Crippen molar-refractivity contribution >= 4 is 22.1 Å². The molecule has 2 aromatic rings. The SMILES string of the molecule is CC(=O)c1cc2ccccc2cc1C1=C(C)C=C(C)C1C. The third-order valence-corrected chi connectivity index (χ3v) is 4.54. The molecule has 3 rings (SSSR count). The van der Waals surface area contributed by atoms with Crippen molar-refractivity contribution in [3.8, 4) is 0 Å². The second-order valence-electron chi connectivity index (χ2n) is 6.01. The summed E-state index contributed by atoms with van der Waals surface area (Å²) < 4.78 is 0. The Kier molecular flexibility index (Phi) is 3.29. The predicted octanol–water partition coefficient (Wildman–Crippen LogP) is 5.41. The van der Waals surface area contributed by atoms with Gasteiger partial charge in [0, 0.05) is 11.5 Å². The van der Waals surface area contributed by atoms with E-state index in [0.29, 0.717) is 5.92 Å². The Morgan fingerprint density at radius 1 is 1.05 bits per heavy atom. The fourth-order valence-corrected chi connectivity index (χ4v) is 3.31. The Labute approximate surface area is 126 Å². The quantitative estimate of drug-likeness (QED) is 0.670. The number of carbonyl (C=O) groups excluding carboxylic acids is 1. The van der Waals surface area contributed by atoms with E-state index >= 15 is 0 Å². The van der Waals surface area contributed by atoms with Crippen LogP contribution < -0.4 is 0 Å². The van der Waals surface area contributed by atoms with E-state index in [9.17, 15) is 4.79 Å². The first-order valence-corrected chi connectivity index (χ1v) is 7.42. The van der Waals surface area contributed by atoms with Crippen LogP contribution in [0.3, 0.4) is 0 Å².